The van der Waals surface area contributed by atoms with Gasteiger partial charge in [0.2, 0.25) is 0 Å². The number of hydrogen-bond donors (Lipinski definition) is 0. The number of fused-ring (bicyclic) bond motifs is 1. The molecule has 2 atom stereocenters. The zero-order chi connectivity index (χ0) is 22.5. The fourth-order valence-electron chi connectivity index (χ4n) is 3.14. The second kappa shape index (κ2) is 9.89. The molecule has 0 aromatic heterocycles. The zero-order valence-corrected chi connectivity index (χ0v) is 20.7. The standard InChI is InChI=1S/C24H36O5Si/c1-17-12-10-9-11-13-20(29-30(7,8)24(2,3)4)23-18(15-22(25)28-17)14-19(26-5)16-21(23)27-6/h14,16-17,20H,9-10,12,15H2,1-8H3/t17-,20?/m0/s1. The van der Waals surface area contributed by atoms with Crippen LogP contribution in [-0.2, 0) is 20.4 Å². The van der Waals surface area contributed by atoms with Crippen molar-refractivity contribution in [2.24, 2.45) is 0 Å². The molecule has 1 aromatic carbocycles. The molecule has 1 unspecified atom stereocenters. The molecule has 0 saturated heterocycles. The van der Waals surface area contributed by atoms with E-state index in [2.05, 4.69) is 45.7 Å². The minimum atomic E-state index is -2.14. The van der Waals surface area contributed by atoms with Crippen molar-refractivity contribution in [3.8, 4) is 23.3 Å². The van der Waals surface area contributed by atoms with E-state index in [4.69, 9.17) is 18.6 Å². The van der Waals surface area contributed by atoms with Crippen LogP contribution >= 0.6 is 0 Å². The third-order valence-corrected chi connectivity index (χ3v) is 10.4. The Labute approximate surface area is 182 Å². The summed E-state index contributed by atoms with van der Waals surface area (Å²) in [7, 11) is 1.07. The van der Waals surface area contributed by atoms with Crippen LogP contribution in [0.4, 0.5) is 0 Å². The van der Waals surface area contributed by atoms with Gasteiger partial charge in [-0.25, -0.2) is 0 Å². The Morgan fingerprint density at radius 3 is 2.47 bits per heavy atom. The second-order valence-electron chi connectivity index (χ2n) is 9.35. The zero-order valence-electron chi connectivity index (χ0n) is 19.7. The van der Waals surface area contributed by atoms with E-state index in [9.17, 15) is 4.79 Å². The molecular formula is C24H36O5Si. The molecule has 2 rings (SSSR count). The number of rotatable bonds is 4. The van der Waals surface area contributed by atoms with Crippen LogP contribution in [0.1, 0.15) is 64.2 Å². The lowest BCUT2D eigenvalue weighted by atomic mass is 9.97. The highest BCUT2D eigenvalue weighted by Gasteiger charge is 2.40. The quantitative estimate of drug-likeness (QED) is 0.361. The molecule has 1 aliphatic rings. The summed E-state index contributed by atoms with van der Waals surface area (Å²) >= 11 is 0. The maximum absolute atomic E-state index is 12.7. The first kappa shape index (κ1) is 24.3. The van der Waals surface area contributed by atoms with Crippen LogP contribution in [0.25, 0.3) is 0 Å². The van der Waals surface area contributed by atoms with Crippen molar-refractivity contribution < 1.29 is 23.4 Å². The Balaban J connectivity index is 2.65. The first-order valence-corrected chi connectivity index (χ1v) is 13.5. The van der Waals surface area contributed by atoms with Crippen LogP contribution in [0.3, 0.4) is 0 Å². The fourth-order valence-corrected chi connectivity index (χ4v) is 4.26. The van der Waals surface area contributed by atoms with Gasteiger partial charge >= 0.3 is 5.97 Å². The Morgan fingerprint density at radius 2 is 1.87 bits per heavy atom. The van der Waals surface area contributed by atoms with Crippen molar-refractivity contribution >= 4 is 14.3 Å². The number of carbonyl (C=O) groups excluding carboxylic acids is 1. The number of ether oxygens (including phenoxy) is 3. The Morgan fingerprint density at radius 1 is 1.17 bits per heavy atom. The summed E-state index contributed by atoms with van der Waals surface area (Å²) in [6.45, 7) is 12.9. The van der Waals surface area contributed by atoms with Crippen LogP contribution in [0.5, 0.6) is 11.5 Å². The van der Waals surface area contributed by atoms with Crippen molar-refractivity contribution in [2.45, 2.75) is 83.7 Å². The largest absolute Gasteiger partial charge is 0.497 e. The number of hydrogen-bond acceptors (Lipinski definition) is 5. The van der Waals surface area contributed by atoms with Crippen molar-refractivity contribution in [3.63, 3.8) is 0 Å². The van der Waals surface area contributed by atoms with E-state index in [1.165, 1.54) is 0 Å². The van der Waals surface area contributed by atoms with Gasteiger partial charge in [-0.2, -0.15) is 0 Å². The minimum Gasteiger partial charge on any atom is -0.497 e. The monoisotopic (exact) mass is 432 g/mol. The van der Waals surface area contributed by atoms with Crippen LogP contribution in [0, 0.1) is 11.8 Å². The van der Waals surface area contributed by atoms with Gasteiger partial charge in [0.15, 0.2) is 8.32 Å². The number of benzene rings is 1. The molecular weight excluding hydrogens is 396 g/mol. The topological polar surface area (TPSA) is 54.0 Å². The molecule has 0 spiro atoms. The maximum atomic E-state index is 12.7. The lowest BCUT2D eigenvalue weighted by Gasteiger charge is -2.38. The van der Waals surface area contributed by atoms with Crippen molar-refractivity contribution in [3.05, 3.63) is 23.3 Å². The summed E-state index contributed by atoms with van der Waals surface area (Å²) in [6.07, 6.45) is 1.91. The second-order valence-corrected chi connectivity index (χ2v) is 14.1. The SMILES string of the molecule is COc1cc2c(c(OC)c1)C(O[Si](C)(C)C(C)(C)C)C#CCCC[C@H](C)OC(=O)C2. The Hall–Kier alpha value is -1.97. The van der Waals surface area contributed by atoms with E-state index in [1.807, 2.05) is 19.1 Å². The van der Waals surface area contributed by atoms with Crippen molar-refractivity contribution in [1.29, 1.82) is 0 Å². The summed E-state index contributed by atoms with van der Waals surface area (Å²) in [6, 6.07) is 3.68. The first-order valence-electron chi connectivity index (χ1n) is 10.6. The van der Waals surface area contributed by atoms with Crippen molar-refractivity contribution in [2.75, 3.05) is 14.2 Å². The number of carbonyl (C=O) groups is 1. The van der Waals surface area contributed by atoms with Gasteiger partial charge in [-0.05, 0) is 49.5 Å². The maximum Gasteiger partial charge on any atom is 0.310 e. The van der Waals surface area contributed by atoms with E-state index < -0.39 is 14.4 Å². The van der Waals surface area contributed by atoms with E-state index >= 15 is 0 Å². The van der Waals surface area contributed by atoms with Gasteiger partial charge < -0.3 is 18.6 Å². The van der Waals surface area contributed by atoms with Gasteiger partial charge in [0, 0.05) is 18.1 Å². The van der Waals surface area contributed by atoms with E-state index in [-0.39, 0.29) is 23.5 Å². The molecule has 1 aliphatic heterocycles. The Bertz CT molecular complexity index is 813. The van der Waals surface area contributed by atoms with Crippen LogP contribution in [0.2, 0.25) is 18.1 Å². The molecule has 0 N–H and O–H groups in total. The summed E-state index contributed by atoms with van der Waals surface area (Å²) in [5.41, 5.74) is 1.56. The van der Waals surface area contributed by atoms with Gasteiger partial charge in [0.05, 0.1) is 26.7 Å². The average Bonchev–Trinajstić information content (AvgIpc) is 2.64. The molecule has 0 amide bonds. The number of esters is 1. The Kier molecular flexibility index (Phi) is 8.01. The van der Waals surface area contributed by atoms with E-state index in [1.54, 1.807) is 14.2 Å². The smallest absolute Gasteiger partial charge is 0.310 e. The molecule has 1 aromatic rings. The lowest BCUT2D eigenvalue weighted by molar-refractivity contribution is -0.147. The molecule has 5 nitrogen and oxygen atoms in total. The molecule has 0 saturated carbocycles. The molecule has 0 bridgehead atoms. The molecule has 6 heteroatoms. The predicted octanol–water partition coefficient (Wildman–Crippen LogP) is 5.43. The highest BCUT2D eigenvalue weighted by Crippen LogP contribution is 2.43. The van der Waals surface area contributed by atoms with Gasteiger partial charge in [-0.3, -0.25) is 4.79 Å². The third kappa shape index (κ3) is 6.02. The predicted molar refractivity (Wildman–Crippen MR) is 121 cm³/mol. The summed E-state index contributed by atoms with van der Waals surface area (Å²) in [4.78, 5) is 12.7. The molecule has 0 radical (unpaired) electrons. The van der Waals surface area contributed by atoms with E-state index in [0.717, 1.165) is 30.4 Å². The first-order chi connectivity index (χ1) is 14.0. The van der Waals surface area contributed by atoms with Crippen LogP contribution in [0.15, 0.2) is 12.1 Å². The average molecular weight is 433 g/mol. The minimum absolute atomic E-state index is 0.0204. The molecule has 0 aliphatic carbocycles. The fraction of sp³-hybridized carbons (Fsp3) is 0.625. The van der Waals surface area contributed by atoms with Crippen LogP contribution in [-0.4, -0.2) is 34.6 Å². The highest BCUT2D eigenvalue weighted by atomic mass is 28.4. The summed E-state index contributed by atoms with van der Waals surface area (Å²) < 4.78 is 23.5. The summed E-state index contributed by atoms with van der Waals surface area (Å²) in [5.74, 6) is 7.62. The molecule has 0 fully saturated rings. The molecule has 166 valence electrons. The lowest BCUT2D eigenvalue weighted by Crippen LogP contribution is -2.41. The van der Waals surface area contributed by atoms with Crippen molar-refractivity contribution in [1.82, 2.24) is 0 Å². The number of methoxy groups -OCH3 is 2. The number of cyclic esters (lactones) is 1. The van der Waals surface area contributed by atoms with Gasteiger partial charge in [0.25, 0.3) is 0 Å². The molecule has 1 heterocycles. The third-order valence-electron chi connectivity index (χ3n) is 5.95. The van der Waals surface area contributed by atoms with Gasteiger partial charge in [0.1, 0.15) is 17.6 Å². The highest BCUT2D eigenvalue weighted by molar-refractivity contribution is 6.74. The van der Waals surface area contributed by atoms with Gasteiger partial charge in [-0.1, -0.05) is 26.7 Å². The summed E-state index contributed by atoms with van der Waals surface area (Å²) in [5, 5.41) is 0.0204. The van der Waals surface area contributed by atoms with E-state index in [0.29, 0.717) is 11.5 Å². The van der Waals surface area contributed by atoms with Crippen LogP contribution < -0.4 is 9.47 Å². The molecule has 30 heavy (non-hydrogen) atoms. The normalized spacial score (nSPS) is 20.6. The van der Waals surface area contributed by atoms with Gasteiger partial charge in [-0.15, -0.1) is 5.92 Å².